The molecule has 1 aliphatic rings. The maximum absolute atomic E-state index is 12.7. The largest absolute Gasteiger partial charge is 0.373 e. The lowest BCUT2D eigenvalue weighted by atomic mass is 9.95. The Labute approximate surface area is 145 Å². The molecule has 0 aromatic carbocycles. The third kappa shape index (κ3) is 3.39. The normalized spacial score (nSPS) is 19.6. The number of hydrogen-bond acceptors (Lipinski definition) is 5. The summed E-state index contributed by atoms with van der Waals surface area (Å²) in [4.78, 5) is 28.3. The Morgan fingerprint density at radius 3 is 2.72 bits per heavy atom. The van der Waals surface area contributed by atoms with E-state index in [9.17, 15) is 9.59 Å². The second-order valence-electron chi connectivity index (χ2n) is 6.00. The fraction of sp³-hybridized carbons (Fsp3) is 0.412. The summed E-state index contributed by atoms with van der Waals surface area (Å²) >= 11 is 0. The molecule has 132 valence electrons. The molecule has 0 aliphatic carbocycles. The van der Waals surface area contributed by atoms with Gasteiger partial charge in [-0.15, -0.1) is 0 Å². The van der Waals surface area contributed by atoms with Gasteiger partial charge in [-0.3, -0.25) is 14.3 Å². The summed E-state index contributed by atoms with van der Waals surface area (Å²) in [5.74, 6) is -0.262. The van der Waals surface area contributed by atoms with Crippen molar-refractivity contribution in [3.8, 4) is 0 Å². The van der Waals surface area contributed by atoms with E-state index < -0.39 is 0 Å². The van der Waals surface area contributed by atoms with Crippen LogP contribution in [0.3, 0.4) is 0 Å². The number of aromatic nitrogens is 3. The van der Waals surface area contributed by atoms with Gasteiger partial charge in [0.2, 0.25) is 5.91 Å². The molecule has 2 N–H and O–H groups in total. The van der Waals surface area contributed by atoms with Crippen molar-refractivity contribution in [3.63, 3.8) is 0 Å². The molecule has 3 heterocycles. The van der Waals surface area contributed by atoms with E-state index in [-0.39, 0.29) is 23.8 Å². The Balaban J connectivity index is 1.72. The zero-order valence-electron chi connectivity index (χ0n) is 14.4. The van der Waals surface area contributed by atoms with Gasteiger partial charge >= 0.3 is 0 Å². The highest BCUT2D eigenvalue weighted by atomic mass is 16.5. The zero-order chi connectivity index (χ0) is 18.0. The van der Waals surface area contributed by atoms with Crippen molar-refractivity contribution in [3.05, 3.63) is 41.3 Å². The van der Waals surface area contributed by atoms with Gasteiger partial charge in [0.1, 0.15) is 5.82 Å². The summed E-state index contributed by atoms with van der Waals surface area (Å²) in [6, 6.07) is 3.23. The Hall–Kier alpha value is -2.74. The second-order valence-corrected chi connectivity index (χ2v) is 6.00. The predicted octanol–water partition coefficient (Wildman–Crippen LogP) is 1.20. The molecule has 1 saturated heterocycles. The molecule has 3 rings (SSSR count). The molecule has 1 fully saturated rings. The number of hydrogen-bond donors (Lipinski definition) is 2. The van der Waals surface area contributed by atoms with Crippen LogP contribution < -0.4 is 10.6 Å². The Bertz CT molecular complexity index is 784. The number of aryl methyl sites for hydroxylation is 1. The van der Waals surface area contributed by atoms with Gasteiger partial charge in [0.05, 0.1) is 23.8 Å². The lowest BCUT2D eigenvalue weighted by Gasteiger charge is -2.18. The first-order chi connectivity index (χ1) is 12.0. The maximum atomic E-state index is 12.7. The first kappa shape index (κ1) is 17.1. The van der Waals surface area contributed by atoms with Gasteiger partial charge in [-0.05, 0) is 25.5 Å². The van der Waals surface area contributed by atoms with Crippen molar-refractivity contribution in [2.75, 3.05) is 19.0 Å². The molecule has 0 radical (unpaired) electrons. The third-order valence-electron chi connectivity index (χ3n) is 4.51. The van der Waals surface area contributed by atoms with Crippen molar-refractivity contribution in [1.29, 1.82) is 0 Å². The number of amides is 2. The summed E-state index contributed by atoms with van der Waals surface area (Å²) in [7, 11) is 3.42. The lowest BCUT2D eigenvalue weighted by molar-refractivity contribution is -0.121. The number of rotatable bonds is 4. The van der Waals surface area contributed by atoms with Gasteiger partial charge in [-0.2, -0.15) is 5.10 Å². The number of carbonyl (C=O) groups excluding carboxylic acids is 2. The van der Waals surface area contributed by atoms with Crippen LogP contribution in [0.1, 0.15) is 34.1 Å². The molecule has 0 bridgehead atoms. The minimum atomic E-state index is -0.307. The van der Waals surface area contributed by atoms with Gasteiger partial charge < -0.3 is 15.4 Å². The van der Waals surface area contributed by atoms with Crippen LogP contribution in [0.4, 0.5) is 5.82 Å². The van der Waals surface area contributed by atoms with Gasteiger partial charge in [-0.1, -0.05) is 0 Å². The molecule has 2 amide bonds. The van der Waals surface area contributed by atoms with Gasteiger partial charge in [0.25, 0.3) is 5.91 Å². The number of nitrogens with one attached hydrogen (secondary N) is 2. The van der Waals surface area contributed by atoms with E-state index in [1.807, 2.05) is 14.0 Å². The monoisotopic (exact) mass is 343 g/mol. The smallest absolute Gasteiger partial charge is 0.252 e. The highest BCUT2D eigenvalue weighted by molar-refractivity contribution is 5.95. The van der Waals surface area contributed by atoms with E-state index in [1.54, 1.807) is 30.1 Å². The van der Waals surface area contributed by atoms with Gasteiger partial charge in [0.15, 0.2) is 0 Å². The number of anilines is 1. The summed E-state index contributed by atoms with van der Waals surface area (Å²) in [5, 5.41) is 9.56. The average Bonchev–Trinajstić information content (AvgIpc) is 3.22. The molecule has 2 aromatic heterocycles. The fourth-order valence-corrected chi connectivity index (χ4v) is 2.92. The molecule has 25 heavy (non-hydrogen) atoms. The highest BCUT2D eigenvalue weighted by Crippen LogP contribution is 2.36. The summed E-state index contributed by atoms with van der Waals surface area (Å²) in [6.07, 6.45) is 3.52. The van der Waals surface area contributed by atoms with Crippen LogP contribution in [0.5, 0.6) is 0 Å². The van der Waals surface area contributed by atoms with Crippen LogP contribution in [-0.4, -0.2) is 40.2 Å². The molecule has 2 aromatic rings. The van der Waals surface area contributed by atoms with Crippen LogP contribution in [0.25, 0.3) is 0 Å². The quantitative estimate of drug-likeness (QED) is 0.869. The van der Waals surface area contributed by atoms with Crippen molar-refractivity contribution in [2.45, 2.75) is 19.4 Å². The average molecular weight is 343 g/mol. The molecule has 8 nitrogen and oxygen atoms in total. The van der Waals surface area contributed by atoms with E-state index in [0.717, 1.165) is 11.3 Å². The van der Waals surface area contributed by atoms with Crippen molar-refractivity contribution in [1.82, 2.24) is 20.1 Å². The zero-order valence-corrected chi connectivity index (χ0v) is 14.4. The van der Waals surface area contributed by atoms with Gasteiger partial charge in [0, 0.05) is 38.2 Å². The summed E-state index contributed by atoms with van der Waals surface area (Å²) < 4.78 is 7.55. The van der Waals surface area contributed by atoms with Crippen LogP contribution >= 0.6 is 0 Å². The number of ether oxygens (including phenoxy) is 1. The summed E-state index contributed by atoms with van der Waals surface area (Å²) in [5.41, 5.74) is 2.36. The van der Waals surface area contributed by atoms with Gasteiger partial charge in [-0.25, -0.2) is 4.98 Å². The van der Waals surface area contributed by atoms with Crippen molar-refractivity contribution >= 4 is 17.6 Å². The van der Waals surface area contributed by atoms with Crippen LogP contribution in [-0.2, 0) is 16.6 Å². The standard InChI is InChI=1S/C17H21N5O3/c1-10-13(9-20-22(10)3)15-12(6-7-25-15)17(24)21-14-5-4-11(8-19-14)16(23)18-2/h4-5,8-9,12,15H,6-7H2,1-3H3,(H,18,23)(H,19,21,24)/t12-,15-/m0/s1. The minimum Gasteiger partial charge on any atom is -0.373 e. The molecule has 0 unspecified atom stereocenters. The Morgan fingerprint density at radius 1 is 1.32 bits per heavy atom. The summed E-state index contributed by atoms with van der Waals surface area (Å²) in [6.45, 7) is 2.48. The minimum absolute atomic E-state index is 0.147. The predicted molar refractivity (Wildman–Crippen MR) is 91.0 cm³/mol. The first-order valence-electron chi connectivity index (χ1n) is 8.10. The van der Waals surface area contributed by atoms with E-state index in [1.165, 1.54) is 6.20 Å². The SMILES string of the molecule is CNC(=O)c1ccc(NC(=O)[C@H]2CCO[C@@H]2c2cnn(C)c2C)nc1. The number of nitrogens with zero attached hydrogens (tertiary/aromatic N) is 3. The highest BCUT2D eigenvalue weighted by Gasteiger charge is 2.37. The Kier molecular flexibility index (Phi) is 4.80. The fourth-order valence-electron chi connectivity index (χ4n) is 2.92. The molecule has 1 aliphatic heterocycles. The molecule has 2 atom stereocenters. The maximum Gasteiger partial charge on any atom is 0.252 e. The lowest BCUT2D eigenvalue weighted by Crippen LogP contribution is -2.26. The number of pyridine rings is 1. The van der Waals surface area contributed by atoms with Crippen LogP contribution in [0.15, 0.2) is 24.5 Å². The van der Waals surface area contributed by atoms with E-state index in [4.69, 9.17) is 4.74 Å². The van der Waals surface area contributed by atoms with E-state index in [2.05, 4.69) is 20.7 Å². The number of carbonyl (C=O) groups is 2. The van der Waals surface area contributed by atoms with Crippen LogP contribution in [0, 0.1) is 12.8 Å². The molecular formula is C17H21N5O3. The van der Waals surface area contributed by atoms with Crippen molar-refractivity contribution < 1.29 is 14.3 Å². The van der Waals surface area contributed by atoms with Crippen LogP contribution in [0.2, 0.25) is 0 Å². The first-order valence-corrected chi connectivity index (χ1v) is 8.10. The molecule has 0 saturated carbocycles. The Morgan fingerprint density at radius 2 is 2.12 bits per heavy atom. The van der Waals surface area contributed by atoms with E-state index in [0.29, 0.717) is 24.4 Å². The topological polar surface area (TPSA) is 98.1 Å². The molecule has 0 spiro atoms. The van der Waals surface area contributed by atoms with E-state index >= 15 is 0 Å². The second kappa shape index (κ2) is 7.02. The van der Waals surface area contributed by atoms with Crippen molar-refractivity contribution in [2.24, 2.45) is 13.0 Å². The molecular weight excluding hydrogens is 322 g/mol. The third-order valence-corrected chi connectivity index (χ3v) is 4.51. The molecule has 8 heteroatoms.